The van der Waals surface area contributed by atoms with Gasteiger partial charge in [0.15, 0.2) is 0 Å². The molecule has 0 amide bonds. The Morgan fingerprint density at radius 1 is 0.385 bits per heavy atom. The van der Waals surface area contributed by atoms with Crippen molar-refractivity contribution in [2.45, 2.75) is 0 Å². The van der Waals surface area contributed by atoms with Crippen LogP contribution in [0.3, 0.4) is 0 Å². The van der Waals surface area contributed by atoms with Crippen molar-refractivity contribution in [3.8, 4) is 0 Å². The fourth-order valence-electron chi connectivity index (χ4n) is 2.50. The third-order valence-corrected chi connectivity index (χ3v) is 7.82. The molecule has 0 aliphatic heterocycles. The Labute approximate surface area is 165 Å². The number of benzene rings is 4. The largest absolute Gasteiger partial charge is 0.103 e. The average Bonchev–Trinajstić information content (AvgIpc) is 2.72. The van der Waals surface area contributed by atoms with E-state index >= 15 is 0 Å². The summed E-state index contributed by atoms with van der Waals surface area (Å²) in [5, 5.41) is 2.90. The molecular formula is C24H21GeSi. The maximum Gasteiger partial charge on any atom is 0.103 e. The first kappa shape index (κ1) is 18.4. The van der Waals surface area contributed by atoms with Gasteiger partial charge in [-0.3, -0.25) is 0 Å². The van der Waals surface area contributed by atoms with Gasteiger partial charge in [0, 0.05) is 0 Å². The van der Waals surface area contributed by atoms with Crippen molar-refractivity contribution in [3.05, 3.63) is 121 Å². The Kier molecular flexibility index (Phi) is 7.51. The van der Waals surface area contributed by atoms with Crippen LogP contribution < -0.4 is 19.2 Å². The van der Waals surface area contributed by atoms with Crippen LogP contribution in [0.5, 0.6) is 0 Å². The van der Waals surface area contributed by atoms with Crippen LogP contribution in [-0.4, -0.2) is 25.0 Å². The molecule has 3 radical (unpaired) electrons. The van der Waals surface area contributed by atoms with Gasteiger partial charge in [-0.25, -0.2) is 0 Å². The summed E-state index contributed by atoms with van der Waals surface area (Å²) in [7, 11) is 0.271. The monoisotopic (exact) mass is 411 g/mol. The SMILES string of the molecule is c1cc[c]([Ge][c]2ccccc2)cc1.c1ccc([SiH]c2ccccc2)cc1. The van der Waals surface area contributed by atoms with Crippen LogP contribution in [-0.2, 0) is 0 Å². The van der Waals surface area contributed by atoms with Crippen molar-refractivity contribution in [1.29, 1.82) is 0 Å². The molecule has 0 saturated carbocycles. The smallest absolute Gasteiger partial charge is 0.0632 e. The standard InChI is InChI=1S/C12H10Ge.C12H11Si/c2*1-3-7-11(8-4-1)13-12-9-5-2-6-10-12/h1-10H;1-10,13H. The van der Waals surface area contributed by atoms with Crippen LogP contribution in [0.4, 0.5) is 0 Å². The first-order valence-corrected chi connectivity index (χ1v) is 12.0. The van der Waals surface area contributed by atoms with E-state index in [-0.39, 0.29) is 25.0 Å². The molecule has 0 bridgehead atoms. The third kappa shape index (κ3) is 6.51. The molecule has 0 aromatic heterocycles. The Morgan fingerprint density at radius 3 is 1.04 bits per heavy atom. The molecule has 0 saturated heterocycles. The van der Waals surface area contributed by atoms with Crippen LogP contribution in [0.1, 0.15) is 0 Å². The molecule has 0 unspecified atom stereocenters. The van der Waals surface area contributed by atoms with Gasteiger partial charge >= 0.3 is 84.9 Å². The van der Waals surface area contributed by atoms with Crippen LogP contribution in [0.2, 0.25) is 0 Å². The fourth-order valence-corrected chi connectivity index (χ4v) is 5.92. The molecule has 0 nitrogen and oxygen atoms in total. The number of rotatable bonds is 4. The average molecular weight is 410 g/mol. The quantitative estimate of drug-likeness (QED) is 0.454. The molecule has 0 aliphatic carbocycles. The molecule has 125 valence electrons. The van der Waals surface area contributed by atoms with E-state index in [4.69, 9.17) is 0 Å². The molecule has 4 aromatic carbocycles. The van der Waals surface area contributed by atoms with Crippen molar-refractivity contribution in [2.75, 3.05) is 0 Å². The first-order valence-electron chi connectivity index (χ1n) is 8.72. The molecule has 0 aliphatic rings. The number of hydrogen-bond donors (Lipinski definition) is 0. The predicted octanol–water partition coefficient (Wildman–Crippen LogP) is 2.42. The zero-order valence-corrected chi connectivity index (χ0v) is 17.9. The van der Waals surface area contributed by atoms with Crippen LogP contribution in [0, 0.1) is 0 Å². The Hall–Kier alpha value is -2.36. The van der Waals surface area contributed by atoms with Gasteiger partial charge in [0.1, 0.15) is 9.52 Å². The second kappa shape index (κ2) is 10.6. The van der Waals surface area contributed by atoms with E-state index in [1.165, 1.54) is 19.2 Å². The maximum absolute atomic E-state index is 2.22. The van der Waals surface area contributed by atoms with Gasteiger partial charge in [0.25, 0.3) is 0 Å². The predicted molar refractivity (Wildman–Crippen MR) is 117 cm³/mol. The second-order valence-electron chi connectivity index (χ2n) is 5.82. The summed E-state index contributed by atoms with van der Waals surface area (Å²) < 4.78 is 2.99. The molecule has 2 heteroatoms. The summed E-state index contributed by atoms with van der Waals surface area (Å²) in [4.78, 5) is 0. The second-order valence-corrected chi connectivity index (χ2v) is 10.4. The van der Waals surface area contributed by atoms with Crippen LogP contribution in [0.25, 0.3) is 0 Å². The minimum Gasteiger partial charge on any atom is -0.0632 e. The summed E-state index contributed by atoms with van der Waals surface area (Å²) in [5.74, 6) is 0. The zero-order valence-electron chi connectivity index (χ0n) is 14.6. The molecule has 26 heavy (non-hydrogen) atoms. The molecule has 0 N–H and O–H groups in total. The molecule has 0 spiro atoms. The Bertz CT molecular complexity index is 711. The summed E-state index contributed by atoms with van der Waals surface area (Å²) in [6, 6.07) is 42.8. The van der Waals surface area contributed by atoms with E-state index in [9.17, 15) is 0 Å². The van der Waals surface area contributed by atoms with Gasteiger partial charge in [-0.2, -0.15) is 0 Å². The van der Waals surface area contributed by atoms with Gasteiger partial charge in [-0.1, -0.05) is 71.0 Å². The molecule has 4 aromatic rings. The number of hydrogen-bond acceptors (Lipinski definition) is 0. The van der Waals surface area contributed by atoms with E-state index in [0.29, 0.717) is 0 Å². The van der Waals surface area contributed by atoms with Crippen molar-refractivity contribution in [1.82, 2.24) is 0 Å². The minimum absolute atomic E-state index is 0.108. The zero-order chi connectivity index (χ0) is 17.9. The van der Waals surface area contributed by atoms with Crippen molar-refractivity contribution in [2.24, 2.45) is 0 Å². The first-order chi connectivity index (χ1) is 12.9. The van der Waals surface area contributed by atoms with E-state index in [2.05, 4.69) is 121 Å². The van der Waals surface area contributed by atoms with Crippen molar-refractivity contribution in [3.63, 3.8) is 0 Å². The normalized spacial score (nSPS) is 9.85. The maximum atomic E-state index is 2.22. The summed E-state index contributed by atoms with van der Waals surface area (Å²) in [6.45, 7) is 0. The summed E-state index contributed by atoms with van der Waals surface area (Å²) >= 11 is -0.108. The van der Waals surface area contributed by atoms with Crippen LogP contribution >= 0.6 is 0 Å². The Balaban J connectivity index is 0.000000151. The Morgan fingerprint density at radius 2 is 0.692 bits per heavy atom. The summed E-state index contributed by atoms with van der Waals surface area (Å²) in [5.41, 5.74) is 0. The van der Waals surface area contributed by atoms with E-state index in [1.807, 2.05) is 0 Å². The molecule has 0 heterocycles. The van der Waals surface area contributed by atoms with Crippen molar-refractivity contribution < 1.29 is 0 Å². The summed E-state index contributed by atoms with van der Waals surface area (Å²) in [6.07, 6.45) is 0. The molecular weight excluding hydrogens is 389 g/mol. The van der Waals surface area contributed by atoms with Crippen LogP contribution in [0.15, 0.2) is 121 Å². The molecule has 0 fully saturated rings. The van der Waals surface area contributed by atoms with Gasteiger partial charge < -0.3 is 0 Å². The van der Waals surface area contributed by atoms with Gasteiger partial charge in [-0.05, 0) is 0 Å². The third-order valence-electron chi connectivity index (χ3n) is 3.77. The van der Waals surface area contributed by atoms with E-state index < -0.39 is 0 Å². The van der Waals surface area contributed by atoms with Gasteiger partial charge in [0.05, 0.1) is 0 Å². The molecule has 4 rings (SSSR count). The van der Waals surface area contributed by atoms with Crippen molar-refractivity contribution >= 4 is 44.1 Å². The van der Waals surface area contributed by atoms with E-state index in [0.717, 1.165) is 0 Å². The van der Waals surface area contributed by atoms with E-state index in [1.54, 1.807) is 0 Å². The van der Waals surface area contributed by atoms with Gasteiger partial charge in [0.2, 0.25) is 0 Å². The minimum atomic E-state index is -0.108. The van der Waals surface area contributed by atoms with Gasteiger partial charge in [-0.15, -0.1) is 0 Å². The molecule has 0 atom stereocenters. The fraction of sp³-hybridized carbons (Fsp3) is 0. The topological polar surface area (TPSA) is 0 Å².